The van der Waals surface area contributed by atoms with Gasteiger partial charge in [0.05, 0.1) is 13.2 Å². The number of rotatable bonds is 9. The third-order valence-electron chi connectivity index (χ3n) is 1.80. The van der Waals surface area contributed by atoms with Crippen molar-refractivity contribution >= 4 is 15.9 Å². The summed E-state index contributed by atoms with van der Waals surface area (Å²) in [6, 6.07) is 0. The zero-order valence-corrected chi connectivity index (χ0v) is 11.0. The SMILES string of the molecule is CC(C)COCCN(CCBr)CC(F)F. The van der Waals surface area contributed by atoms with E-state index in [1.807, 2.05) is 0 Å². The summed E-state index contributed by atoms with van der Waals surface area (Å²) in [4.78, 5) is 1.71. The Hall–Kier alpha value is 0.260. The number of hydrogen-bond donors (Lipinski definition) is 0. The van der Waals surface area contributed by atoms with Crippen LogP contribution in [0, 0.1) is 5.92 Å². The molecule has 0 unspecified atom stereocenters. The quantitative estimate of drug-likeness (QED) is 0.478. The number of ether oxygens (including phenoxy) is 1. The van der Waals surface area contributed by atoms with Crippen LogP contribution in [0.4, 0.5) is 8.78 Å². The molecule has 0 aliphatic carbocycles. The van der Waals surface area contributed by atoms with Crippen LogP contribution in [0.25, 0.3) is 0 Å². The summed E-state index contributed by atoms with van der Waals surface area (Å²) < 4.78 is 29.6. The van der Waals surface area contributed by atoms with E-state index in [1.54, 1.807) is 4.90 Å². The topological polar surface area (TPSA) is 12.5 Å². The molecule has 15 heavy (non-hydrogen) atoms. The van der Waals surface area contributed by atoms with Gasteiger partial charge in [-0.05, 0) is 5.92 Å². The molecule has 0 aromatic carbocycles. The Morgan fingerprint density at radius 3 is 2.40 bits per heavy atom. The van der Waals surface area contributed by atoms with Crippen molar-refractivity contribution in [3.8, 4) is 0 Å². The Balaban J connectivity index is 3.56. The van der Waals surface area contributed by atoms with Crippen LogP contribution in [0.1, 0.15) is 13.8 Å². The molecule has 0 heterocycles. The van der Waals surface area contributed by atoms with Crippen LogP contribution < -0.4 is 0 Å². The Kier molecular flexibility index (Phi) is 9.65. The van der Waals surface area contributed by atoms with Gasteiger partial charge in [-0.1, -0.05) is 29.8 Å². The molecule has 0 spiro atoms. The van der Waals surface area contributed by atoms with Gasteiger partial charge in [-0.15, -0.1) is 0 Å². The maximum absolute atomic E-state index is 12.1. The summed E-state index contributed by atoms with van der Waals surface area (Å²) in [6.07, 6.45) is -2.27. The largest absolute Gasteiger partial charge is 0.380 e. The molecule has 0 fully saturated rings. The van der Waals surface area contributed by atoms with Crippen LogP contribution in [-0.2, 0) is 4.74 Å². The number of hydrogen-bond acceptors (Lipinski definition) is 2. The zero-order chi connectivity index (χ0) is 11.7. The van der Waals surface area contributed by atoms with Crippen LogP contribution in [-0.4, -0.2) is 49.5 Å². The van der Waals surface area contributed by atoms with Crippen molar-refractivity contribution in [2.45, 2.75) is 20.3 Å². The lowest BCUT2D eigenvalue weighted by molar-refractivity contribution is 0.0549. The average Bonchev–Trinajstić information content (AvgIpc) is 2.11. The van der Waals surface area contributed by atoms with E-state index in [4.69, 9.17) is 4.74 Å². The predicted octanol–water partition coefficient (Wildman–Crippen LogP) is 2.62. The van der Waals surface area contributed by atoms with Crippen molar-refractivity contribution in [2.24, 2.45) is 5.92 Å². The summed E-state index contributed by atoms with van der Waals surface area (Å²) in [5.74, 6) is 0.490. The second-order valence-electron chi connectivity index (χ2n) is 3.85. The molecule has 0 rings (SSSR count). The van der Waals surface area contributed by atoms with Crippen LogP contribution in [0.2, 0.25) is 0 Å². The number of halogens is 3. The van der Waals surface area contributed by atoms with Crippen molar-refractivity contribution in [1.82, 2.24) is 4.90 Å². The molecule has 0 bridgehead atoms. The lowest BCUT2D eigenvalue weighted by Crippen LogP contribution is -2.33. The fourth-order valence-electron chi connectivity index (χ4n) is 1.12. The molecular formula is C10H20BrF2NO. The first-order chi connectivity index (χ1) is 7.06. The molecule has 0 aromatic rings. The maximum atomic E-state index is 12.1. The fourth-order valence-corrected chi connectivity index (χ4v) is 1.62. The van der Waals surface area contributed by atoms with Gasteiger partial charge in [-0.2, -0.15) is 0 Å². The summed E-state index contributed by atoms with van der Waals surface area (Å²) in [5.41, 5.74) is 0. The van der Waals surface area contributed by atoms with Gasteiger partial charge in [0.15, 0.2) is 0 Å². The molecule has 0 amide bonds. The molecule has 2 nitrogen and oxygen atoms in total. The van der Waals surface area contributed by atoms with Gasteiger partial charge in [0.25, 0.3) is 6.43 Å². The Morgan fingerprint density at radius 2 is 1.93 bits per heavy atom. The third kappa shape index (κ3) is 10.5. The monoisotopic (exact) mass is 287 g/mol. The Labute approximate surface area is 99.1 Å². The van der Waals surface area contributed by atoms with Crippen molar-refractivity contribution in [2.75, 3.05) is 38.2 Å². The van der Waals surface area contributed by atoms with Gasteiger partial charge in [-0.25, -0.2) is 8.78 Å². The van der Waals surface area contributed by atoms with E-state index in [-0.39, 0.29) is 6.54 Å². The molecule has 0 aliphatic heterocycles. The zero-order valence-electron chi connectivity index (χ0n) is 9.39. The lowest BCUT2D eigenvalue weighted by atomic mass is 10.2. The van der Waals surface area contributed by atoms with E-state index in [2.05, 4.69) is 29.8 Å². The normalized spacial score (nSPS) is 12.0. The van der Waals surface area contributed by atoms with Crippen LogP contribution in [0.5, 0.6) is 0 Å². The number of nitrogens with zero attached hydrogens (tertiary/aromatic N) is 1. The second kappa shape index (κ2) is 9.48. The van der Waals surface area contributed by atoms with Crippen molar-refractivity contribution in [3.05, 3.63) is 0 Å². The average molecular weight is 288 g/mol. The minimum atomic E-state index is -2.27. The van der Waals surface area contributed by atoms with E-state index >= 15 is 0 Å². The molecule has 0 atom stereocenters. The highest BCUT2D eigenvalue weighted by atomic mass is 79.9. The molecule has 0 radical (unpaired) electrons. The van der Waals surface area contributed by atoms with E-state index < -0.39 is 6.43 Å². The Bertz CT molecular complexity index is 147. The van der Waals surface area contributed by atoms with E-state index in [1.165, 1.54) is 0 Å². The smallest absolute Gasteiger partial charge is 0.251 e. The third-order valence-corrected chi connectivity index (χ3v) is 2.15. The van der Waals surface area contributed by atoms with E-state index in [0.717, 1.165) is 0 Å². The Morgan fingerprint density at radius 1 is 1.27 bits per heavy atom. The van der Waals surface area contributed by atoms with Crippen LogP contribution >= 0.6 is 15.9 Å². The second-order valence-corrected chi connectivity index (χ2v) is 4.64. The predicted molar refractivity (Wildman–Crippen MR) is 61.9 cm³/mol. The highest BCUT2D eigenvalue weighted by Gasteiger charge is 2.10. The summed E-state index contributed by atoms with van der Waals surface area (Å²) >= 11 is 3.24. The summed E-state index contributed by atoms with van der Waals surface area (Å²) in [5, 5.41) is 0.712. The minimum Gasteiger partial charge on any atom is -0.380 e. The van der Waals surface area contributed by atoms with Gasteiger partial charge < -0.3 is 4.74 Å². The van der Waals surface area contributed by atoms with Crippen LogP contribution in [0.15, 0.2) is 0 Å². The lowest BCUT2D eigenvalue weighted by Gasteiger charge is -2.20. The first-order valence-electron chi connectivity index (χ1n) is 5.20. The fraction of sp³-hybridized carbons (Fsp3) is 1.00. The molecule has 0 aliphatic rings. The maximum Gasteiger partial charge on any atom is 0.251 e. The molecule has 92 valence electrons. The summed E-state index contributed by atoms with van der Waals surface area (Å²) in [7, 11) is 0. The van der Waals surface area contributed by atoms with E-state index in [0.29, 0.717) is 37.6 Å². The van der Waals surface area contributed by atoms with Gasteiger partial charge in [0.1, 0.15) is 0 Å². The molecule has 0 aromatic heterocycles. The van der Waals surface area contributed by atoms with Gasteiger partial charge in [0.2, 0.25) is 0 Å². The first-order valence-corrected chi connectivity index (χ1v) is 6.32. The van der Waals surface area contributed by atoms with Crippen molar-refractivity contribution < 1.29 is 13.5 Å². The molecular weight excluding hydrogens is 268 g/mol. The van der Waals surface area contributed by atoms with E-state index in [9.17, 15) is 8.78 Å². The van der Waals surface area contributed by atoms with Gasteiger partial charge in [0, 0.05) is 25.0 Å². The molecule has 0 N–H and O–H groups in total. The summed E-state index contributed by atoms with van der Waals surface area (Å²) in [6.45, 7) is 6.38. The van der Waals surface area contributed by atoms with Crippen LogP contribution in [0.3, 0.4) is 0 Å². The standard InChI is InChI=1S/C10H20BrF2NO/c1-9(2)8-15-6-5-14(4-3-11)7-10(12)13/h9-10H,3-8H2,1-2H3. The molecule has 0 saturated carbocycles. The van der Waals surface area contributed by atoms with Gasteiger partial charge >= 0.3 is 0 Å². The van der Waals surface area contributed by atoms with Gasteiger partial charge in [-0.3, -0.25) is 4.90 Å². The highest BCUT2D eigenvalue weighted by Crippen LogP contribution is 2.00. The molecule has 5 heteroatoms. The van der Waals surface area contributed by atoms with Crippen molar-refractivity contribution in [3.63, 3.8) is 0 Å². The van der Waals surface area contributed by atoms with Crippen molar-refractivity contribution in [1.29, 1.82) is 0 Å². The minimum absolute atomic E-state index is 0.170. The first kappa shape index (κ1) is 15.3. The number of alkyl halides is 3. The highest BCUT2D eigenvalue weighted by molar-refractivity contribution is 9.09. The molecule has 0 saturated heterocycles.